The van der Waals surface area contributed by atoms with Gasteiger partial charge in [0.05, 0.1) is 36.4 Å². The van der Waals surface area contributed by atoms with Crippen LogP contribution < -0.4 is 19.5 Å². The summed E-state index contributed by atoms with van der Waals surface area (Å²) in [6, 6.07) is 23.9. The van der Waals surface area contributed by atoms with E-state index >= 15 is 0 Å². The van der Waals surface area contributed by atoms with Crippen molar-refractivity contribution in [2.24, 2.45) is 0 Å². The van der Waals surface area contributed by atoms with Gasteiger partial charge in [0.1, 0.15) is 17.2 Å². The second kappa shape index (κ2) is 12.9. The van der Waals surface area contributed by atoms with Gasteiger partial charge in [0.25, 0.3) is 11.8 Å². The van der Waals surface area contributed by atoms with Gasteiger partial charge >= 0.3 is 0 Å². The number of carbonyl (C=O) groups is 2. The Balaban J connectivity index is 1.38. The van der Waals surface area contributed by atoms with Crippen LogP contribution in [0.15, 0.2) is 78.9 Å². The fourth-order valence-electron chi connectivity index (χ4n) is 6.62. The third kappa shape index (κ3) is 5.88. The molecule has 0 aliphatic carbocycles. The van der Waals surface area contributed by atoms with Gasteiger partial charge in [-0.1, -0.05) is 25.1 Å². The van der Waals surface area contributed by atoms with Gasteiger partial charge in [0.15, 0.2) is 11.5 Å². The molecule has 3 aliphatic heterocycles. The number of carbonyl (C=O) groups excluding carboxylic acids is 2. The molecule has 0 radical (unpaired) electrons. The smallest absolute Gasteiger partial charge is 0.255 e. The number of aromatic hydroxyl groups is 1. The van der Waals surface area contributed by atoms with Gasteiger partial charge in [0, 0.05) is 24.2 Å². The molecule has 48 heavy (non-hydrogen) atoms. The fourth-order valence-corrected chi connectivity index (χ4v) is 6.62. The number of fused-ring (bicyclic) bond motifs is 7. The number of nitrogens with one attached hydrogen (secondary N) is 1. The number of nitrogens with zero attached hydrogens (tertiary/aromatic N) is 2. The molecule has 0 saturated heterocycles. The Bertz CT molecular complexity index is 2060. The molecular formula is C39H37N3O6. The van der Waals surface area contributed by atoms with Gasteiger partial charge in [-0.3, -0.25) is 14.6 Å². The fraction of sp³-hybridized carbons (Fsp3) is 0.256. The van der Waals surface area contributed by atoms with Crippen LogP contribution >= 0.6 is 0 Å². The zero-order chi connectivity index (χ0) is 33.4. The molecule has 3 aliphatic rings. The van der Waals surface area contributed by atoms with Gasteiger partial charge in [-0.2, -0.15) is 0 Å². The minimum absolute atomic E-state index is 0.0745. The molecule has 8 rings (SSSR count). The van der Waals surface area contributed by atoms with Crippen LogP contribution in [-0.4, -0.2) is 53.6 Å². The number of pyridine rings is 1. The molecule has 2 amide bonds. The van der Waals surface area contributed by atoms with Crippen molar-refractivity contribution in [3.63, 3.8) is 0 Å². The molecule has 0 spiro atoms. The van der Waals surface area contributed by atoms with E-state index in [-0.39, 0.29) is 17.2 Å². The summed E-state index contributed by atoms with van der Waals surface area (Å²) >= 11 is 0. The third-order valence-electron chi connectivity index (χ3n) is 9.04. The largest absolute Gasteiger partial charge is 0.507 e. The van der Waals surface area contributed by atoms with Crippen molar-refractivity contribution in [3.8, 4) is 28.7 Å². The van der Waals surface area contributed by atoms with Crippen LogP contribution in [-0.2, 0) is 12.8 Å². The summed E-state index contributed by atoms with van der Waals surface area (Å²) in [6.07, 6.45) is 1.99. The molecule has 4 heterocycles. The summed E-state index contributed by atoms with van der Waals surface area (Å²) in [5, 5.41) is 14.1. The molecule has 244 valence electrons. The number of aromatic nitrogens is 1. The molecule has 9 heteroatoms. The van der Waals surface area contributed by atoms with E-state index < -0.39 is 11.9 Å². The van der Waals surface area contributed by atoms with Crippen molar-refractivity contribution in [2.45, 2.75) is 39.2 Å². The predicted molar refractivity (Wildman–Crippen MR) is 183 cm³/mol. The van der Waals surface area contributed by atoms with Crippen molar-refractivity contribution in [1.29, 1.82) is 0 Å². The highest BCUT2D eigenvalue weighted by Crippen LogP contribution is 2.44. The van der Waals surface area contributed by atoms with E-state index in [1.165, 1.54) is 12.1 Å². The number of phenols is 1. The molecule has 1 atom stereocenters. The zero-order valence-electron chi connectivity index (χ0n) is 27.2. The molecule has 0 fully saturated rings. The van der Waals surface area contributed by atoms with Gasteiger partial charge in [0.2, 0.25) is 0 Å². The van der Waals surface area contributed by atoms with Crippen molar-refractivity contribution < 1.29 is 28.9 Å². The first-order valence-electron chi connectivity index (χ1n) is 16.3. The lowest BCUT2D eigenvalue weighted by Crippen LogP contribution is -2.40. The van der Waals surface area contributed by atoms with Crippen molar-refractivity contribution in [2.75, 3.05) is 26.8 Å². The number of hydrogen-bond donors (Lipinski definition) is 2. The molecule has 8 bridgehead atoms. The van der Waals surface area contributed by atoms with E-state index in [4.69, 9.17) is 19.2 Å². The second-order valence-electron chi connectivity index (χ2n) is 12.2. The SMILES string of the molecule is CCc1ccc2nc(C)cc(C(=O)N3CCc4cc5c(OC)cc4C3c3cccc(c3)OCCCNC(=O)c3cc(ccc3O)O5)c2c1. The van der Waals surface area contributed by atoms with E-state index in [0.29, 0.717) is 61.1 Å². The minimum Gasteiger partial charge on any atom is -0.507 e. The number of rotatable bonds is 3. The van der Waals surface area contributed by atoms with Crippen LogP contribution in [0, 0.1) is 6.92 Å². The van der Waals surface area contributed by atoms with Crippen LogP contribution in [0.3, 0.4) is 0 Å². The first-order chi connectivity index (χ1) is 23.3. The van der Waals surface area contributed by atoms with Crippen LogP contribution in [0.4, 0.5) is 0 Å². The van der Waals surface area contributed by atoms with Gasteiger partial charge in [-0.25, -0.2) is 0 Å². The summed E-state index contributed by atoms with van der Waals surface area (Å²) in [6.45, 7) is 5.20. The van der Waals surface area contributed by atoms with E-state index in [1.54, 1.807) is 13.2 Å². The Morgan fingerprint density at radius 2 is 1.94 bits per heavy atom. The maximum absolute atomic E-state index is 14.8. The lowest BCUT2D eigenvalue weighted by molar-refractivity contribution is 0.0695. The average molecular weight is 644 g/mol. The molecule has 2 N–H and O–H groups in total. The van der Waals surface area contributed by atoms with Gasteiger partial charge < -0.3 is 29.5 Å². The number of benzene rings is 4. The van der Waals surface area contributed by atoms with Crippen LogP contribution in [0.25, 0.3) is 10.9 Å². The number of amides is 2. The number of methoxy groups -OCH3 is 1. The van der Waals surface area contributed by atoms with Crippen molar-refractivity contribution in [3.05, 3.63) is 118 Å². The standard InChI is InChI=1S/C39H37N3O6/c1-4-24-9-11-33-30(18-24)31(17-23(2)41-33)39(45)42-15-13-25-20-36-35(46-3)22-29(25)37(42)26-7-5-8-27(19-26)47-16-6-14-40-38(44)32-21-28(48-36)10-12-34(32)43/h5,7-12,17-22,37,43H,4,6,13-16H2,1-3H3,(H,40,44). The maximum atomic E-state index is 14.8. The highest BCUT2D eigenvalue weighted by molar-refractivity contribution is 6.07. The Hall–Kier alpha value is -5.57. The first-order valence-corrected chi connectivity index (χ1v) is 16.3. The highest BCUT2D eigenvalue weighted by Gasteiger charge is 2.35. The van der Waals surface area contributed by atoms with E-state index in [1.807, 2.05) is 60.4 Å². The summed E-state index contributed by atoms with van der Waals surface area (Å²) in [4.78, 5) is 34.3. The molecule has 4 aromatic carbocycles. The zero-order valence-corrected chi connectivity index (χ0v) is 27.2. The molecule has 5 aromatic rings. The van der Waals surface area contributed by atoms with E-state index in [0.717, 1.165) is 45.3 Å². The third-order valence-corrected chi connectivity index (χ3v) is 9.04. The van der Waals surface area contributed by atoms with Crippen LogP contribution in [0.2, 0.25) is 0 Å². The predicted octanol–water partition coefficient (Wildman–Crippen LogP) is 6.91. The Morgan fingerprint density at radius 3 is 2.77 bits per heavy atom. The summed E-state index contributed by atoms with van der Waals surface area (Å²) in [5.74, 6) is 1.35. The molecule has 0 saturated carbocycles. The van der Waals surface area contributed by atoms with Crippen molar-refractivity contribution in [1.82, 2.24) is 15.2 Å². The Labute approximate surface area is 279 Å². The number of ether oxygens (including phenoxy) is 3. The first kappa shape index (κ1) is 31.1. The Kier molecular flexibility index (Phi) is 8.35. The maximum Gasteiger partial charge on any atom is 0.255 e. The summed E-state index contributed by atoms with van der Waals surface area (Å²) in [7, 11) is 1.57. The molecule has 1 aromatic heterocycles. The summed E-state index contributed by atoms with van der Waals surface area (Å²) < 4.78 is 18.3. The molecule has 9 nitrogen and oxygen atoms in total. The number of aryl methyl sites for hydroxylation is 2. The second-order valence-corrected chi connectivity index (χ2v) is 12.2. The normalized spacial score (nSPS) is 15.9. The van der Waals surface area contributed by atoms with E-state index in [2.05, 4.69) is 24.4 Å². The Morgan fingerprint density at radius 1 is 1.06 bits per heavy atom. The van der Waals surface area contributed by atoms with E-state index in [9.17, 15) is 14.7 Å². The topological polar surface area (TPSA) is 110 Å². The number of hydrogen-bond acceptors (Lipinski definition) is 7. The highest BCUT2D eigenvalue weighted by atomic mass is 16.5. The lowest BCUT2D eigenvalue weighted by Gasteiger charge is -2.38. The minimum atomic E-state index is -0.441. The van der Waals surface area contributed by atoms with Gasteiger partial charge in [-0.05, 0) is 109 Å². The van der Waals surface area contributed by atoms with Gasteiger partial charge in [-0.15, -0.1) is 0 Å². The van der Waals surface area contributed by atoms with Crippen LogP contribution in [0.1, 0.15) is 68.1 Å². The lowest BCUT2D eigenvalue weighted by atomic mass is 9.86. The quantitative estimate of drug-likeness (QED) is 0.220. The number of phenolic OH excluding ortho intramolecular Hbond substituents is 1. The summed E-state index contributed by atoms with van der Waals surface area (Å²) in [5.41, 5.74) is 6.29. The molecule has 1 unspecified atom stereocenters. The average Bonchev–Trinajstić information content (AvgIpc) is 3.10. The van der Waals surface area contributed by atoms with Crippen LogP contribution in [0.5, 0.6) is 28.7 Å². The molecular weight excluding hydrogens is 606 g/mol. The monoisotopic (exact) mass is 643 g/mol. The van der Waals surface area contributed by atoms with Crippen molar-refractivity contribution >= 4 is 22.7 Å².